The number of nitrogens with one attached hydrogen (secondary N) is 1. The number of amides is 1. The monoisotopic (exact) mass is 305 g/mol. The topological polar surface area (TPSA) is 29.1 Å². The van der Waals surface area contributed by atoms with Crippen LogP contribution >= 0.6 is 11.3 Å². The van der Waals surface area contributed by atoms with Crippen LogP contribution in [0.25, 0.3) is 0 Å². The first kappa shape index (κ1) is 15.1. The number of aryl methyl sites for hydroxylation is 1. The molecule has 1 aromatic rings. The molecule has 2 nitrogen and oxygen atoms in total. The minimum atomic E-state index is 0.181. The Morgan fingerprint density at radius 1 is 1.14 bits per heavy atom. The van der Waals surface area contributed by atoms with E-state index in [0.717, 1.165) is 24.3 Å². The molecular weight excluding hydrogens is 278 g/mol. The van der Waals surface area contributed by atoms with Gasteiger partial charge in [-0.05, 0) is 49.5 Å². The van der Waals surface area contributed by atoms with Gasteiger partial charge >= 0.3 is 0 Å². The van der Waals surface area contributed by atoms with Crippen molar-refractivity contribution in [2.45, 2.75) is 71.3 Å². The molecule has 1 fully saturated rings. The Balaban J connectivity index is 1.72. The lowest BCUT2D eigenvalue weighted by Gasteiger charge is -2.34. The van der Waals surface area contributed by atoms with Crippen molar-refractivity contribution in [3.8, 4) is 0 Å². The van der Waals surface area contributed by atoms with Gasteiger partial charge in [-0.3, -0.25) is 4.79 Å². The lowest BCUT2D eigenvalue weighted by Crippen LogP contribution is -2.43. The zero-order valence-corrected chi connectivity index (χ0v) is 14.1. The summed E-state index contributed by atoms with van der Waals surface area (Å²) in [6, 6.07) is 0.363. The molecule has 0 unspecified atom stereocenters. The molecule has 0 aromatic carbocycles. The van der Waals surface area contributed by atoms with E-state index in [0.29, 0.717) is 12.0 Å². The van der Waals surface area contributed by atoms with Gasteiger partial charge in [-0.25, -0.2) is 0 Å². The fourth-order valence-corrected chi connectivity index (χ4v) is 5.02. The molecule has 3 rings (SSSR count). The van der Waals surface area contributed by atoms with Crippen LogP contribution in [0.1, 0.15) is 73.2 Å². The van der Waals surface area contributed by atoms with Gasteiger partial charge in [0.2, 0.25) is 0 Å². The van der Waals surface area contributed by atoms with Crippen molar-refractivity contribution in [1.29, 1.82) is 0 Å². The maximum atomic E-state index is 12.7. The van der Waals surface area contributed by atoms with Gasteiger partial charge < -0.3 is 5.32 Å². The Labute approximate surface area is 132 Å². The van der Waals surface area contributed by atoms with Crippen molar-refractivity contribution in [2.75, 3.05) is 0 Å². The Hall–Kier alpha value is -0.830. The largest absolute Gasteiger partial charge is 0.349 e. The molecule has 1 N–H and O–H groups in total. The summed E-state index contributed by atoms with van der Waals surface area (Å²) in [7, 11) is 0. The number of rotatable bonds is 2. The summed E-state index contributed by atoms with van der Waals surface area (Å²) in [5.41, 5.74) is 2.33. The molecule has 0 radical (unpaired) electrons. The minimum Gasteiger partial charge on any atom is -0.349 e. The van der Waals surface area contributed by atoms with Crippen LogP contribution in [0.15, 0.2) is 5.38 Å². The molecule has 1 aromatic heterocycles. The number of hydrogen-bond donors (Lipinski definition) is 1. The molecule has 21 heavy (non-hydrogen) atoms. The predicted molar refractivity (Wildman–Crippen MR) is 89.0 cm³/mol. The second-order valence-electron chi connectivity index (χ2n) is 6.96. The van der Waals surface area contributed by atoms with Crippen LogP contribution in [0.4, 0.5) is 0 Å². The molecule has 116 valence electrons. The van der Waals surface area contributed by atoms with Gasteiger partial charge in [0.05, 0.1) is 5.56 Å². The lowest BCUT2D eigenvalue weighted by atomic mass is 9.78. The Morgan fingerprint density at radius 2 is 1.95 bits per heavy atom. The van der Waals surface area contributed by atoms with Gasteiger partial charge in [0, 0.05) is 16.3 Å². The molecule has 1 saturated carbocycles. The second kappa shape index (κ2) is 6.51. The van der Waals surface area contributed by atoms with Gasteiger partial charge in [-0.15, -0.1) is 11.3 Å². The molecule has 3 heteroatoms. The third kappa shape index (κ3) is 3.18. The second-order valence-corrected chi connectivity index (χ2v) is 7.92. The summed E-state index contributed by atoms with van der Waals surface area (Å²) >= 11 is 1.80. The van der Waals surface area contributed by atoms with Crippen LogP contribution in [0.5, 0.6) is 0 Å². The first-order valence-electron chi connectivity index (χ1n) is 8.57. The van der Waals surface area contributed by atoms with E-state index >= 15 is 0 Å². The summed E-state index contributed by atoms with van der Waals surface area (Å²) < 4.78 is 0. The Morgan fingerprint density at radius 3 is 2.81 bits per heavy atom. The van der Waals surface area contributed by atoms with Crippen LogP contribution in [0, 0.1) is 11.8 Å². The first-order chi connectivity index (χ1) is 10.2. The molecule has 0 spiro atoms. The number of fused-ring (bicyclic) bond motifs is 1. The first-order valence-corrected chi connectivity index (χ1v) is 9.45. The van der Waals surface area contributed by atoms with Gasteiger partial charge in [-0.2, -0.15) is 0 Å². The van der Waals surface area contributed by atoms with Gasteiger partial charge in [-0.1, -0.05) is 33.1 Å². The summed E-state index contributed by atoms with van der Waals surface area (Å²) in [4.78, 5) is 14.2. The standard InChI is InChI=1S/C18H27NOS/c1-12-7-6-9-16(13(12)2)19-18(20)15-11-21-17-10-5-3-4-8-14(15)17/h11-13,16H,3-10H2,1-2H3,(H,19,20)/t12-,13+,16-/m1/s1. The molecule has 0 aliphatic heterocycles. The van der Waals surface area contributed by atoms with E-state index in [-0.39, 0.29) is 5.91 Å². The zero-order valence-electron chi connectivity index (χ0n) is 13.3. The maximum Gasteiger partial charge on any atom is 0.252 e. The summed E-state index contributed by atoms with van der Waals surface area (Å²) in [5, 5.41) is 5.44. The molecule has 2 aliphatic rings. The van der Waals surface area contributed by atoms with Crippen molar-refractivity contribution in [3.05, 3.63) is 21.4 Å². The fraction of sp³-hybridized carbons (Fsp3) is 0.722. The van der Waals surface area contributed by atoms with Crippen LogP contribution in [0.3, 0.4) is 0 Å². The average molecular weight is 305 g/mol. The van der Waals surface area contributed by atoms with E-state index in [1.807, 2.05) is 0 Å². The SMILES string of the molecule is C[C@H]1[C@H](C)CCC[C@H]1NC(=O)c1csc2c1CCCCC2. The minimum absolute atomic E-state index is 0.181. The van der Waals surface area contributed by atoms with Crippen molar-refractivity contribution in [3.63, 3.8) is 0 Å². The van der Waals surface area contributed by atoms with Crippen LogP contribution in [-0.4, -0.2) is 11.9 Å². The smallest absolute Gasteiger partial charge is 0.252 e. The lowest BCUT2D eigenvalue weighted by molar-refractivity contribution is 0.0890. The van der Waals surface area contributed by atoms with Crippen LogP contribution in [-0.2, 0) is 12.8 Å². The van der Waals surface area contributed by atoms with Crippen LogP contribution < -0.4 is 5.32 Å². The van der Waals surface area contributed by atoms with E-state index in [4.69, 9.17) is 0 Å². The maximum absolute atomic E-state index is 12.7. The molecule has 1 heterocycles. The van der Waals surface area contributed by atoms with E-state index in [1.54, 1.807) is 11.3 Å². The Kier molecular flexibility index (Phi) is 4.68. The van der Waals surface area contributed by atoms with Crippen molar-refractivity contribution in [2.24, 2.45) is 11.8 Å². The highest BCUT2D eigenvalue weighted by Crippen LogP contribution is 2.32. The molecule has 3 atom stereocenters. The highest BCUT2D eigenvalue weighted by Gasteiger charge is 2.29. The van der Waals surface area contributed by atoms with E-state index in [2.05, 4.69) is 24.5 Å². The highest BCUT2D eigenvalue weighted by molar-refractivity contribution is 7.10. The quantitative estimate of drug-likeness (QED) is 0.797. The summed E-state index contributed by atoms with van der Waals surface area (Å²) in [6.07, 6.45) is 9.79. The third-order valence-electron chi connectivity index (χ3n) is 5.58. The average Bonchev–Trinajstić information content (AvgIpc) is 2.73. The van der Waals surface area contributed by atoms with Gasteiger partial charge in [0.1, 0.15) is 0 Å². The molecular formula is C18H27NOS. The van der Waals surface area contributed by atoms with Crippen molar-refractivity contribution < 1.29 is 4.79 Å². The van der Waals surface area contributed by atoms with Crippen molar-refractivity contribution in [1.82, 2.24) is 5.32 Å². The highest BCUT2D eigenvalue weighted by atomic mass is 32.1. The fourth-order valence-electron chi connectivity index (χ4n) is 3.89. The number of carbonyl (C=O) groups is 1. The molecule has 0 saturated heterocycles. The van der Waals surface area contributed by atoms with Gasteiger partial charge in [0.25, 0.3) is 5.91 Å². The normalized spacial score (nSPS) is 29.5. The Bertz CT molecular complexity index is 507. The predicted octanol–water partition coefficient (Wildman–Crippen LogP) is 4.57. The number of carbonyl (C=O) groups excluding carboxylic acids is 1. The number of hydrogen-bond acceptors (Lipinski definition) is 2. The van der Waals surface area contributed by atoms with Crippen LogP contribution in [0.2, 0.25) is 0 Å². The number of thiophene rings is 1. The summed E-state index contributed by atoms with van der Waals surface area (Å²) in [6.45, 7) is 4.61. The third-order valence-corrected chi connectivity index (χ3v) is 6.67. The molecule has 2 aliphatic carbocycles. The van der Waals surface area contributed by atoms with Crippen molar-refractivity contribution >= 4 is 17.2 Å². The molecule has 0 bridgehead atoms. The van der Waals surface area contributed by atoms with Gasteiger partial charge in [0.15, 0.2) is 0 Å². The van der Waals surface area contributed by atoms with E-state index in [9.17, 15) is 4.79 Å². The van der Waals surface area contributed by atoms with E-state index < -0.39 is 0 Å². The summed E-state index contributed by atoms with van der Waals surface area (Å²) in [5.74, 6) is 1.50. The molecule has 1 amide bonds. The van der Waals surface area contributed by atoms with E-state index in [1.165, 1.54) is 49.0 Å². The zero-order chi connectivity index (χ0) is 14.8.